The highest BCUT2D eigenvalue weighted by molar-refractivity contribution is 5.81. The quantitative estimate of drug-likeness (QED) is 0.780. The standard InChI is InChI=1S/C14H15FN2O/c1-4-12-9(2)16-17(10(12)3)14-11(8-18)6-5-7-13(14)15/h5-8H,4H2,1-3H3. The van der Waals surface area contributed by atoms with Crippen molar-refractivity contribution in [3.63, 3.8) is 0 Å². The van der Waals surface area contributed by atoms with Crippen molar-refractivity contribution in [1.82, 2.24) is 9.78 Å². The van der Waals surface area contributed by atoms with E-state index in [-0.39, 0.29) is 5.69 Å². The molecule has 1 heterocycles. The van der Waals surface area contributed by atoms with Gasteiger partial charge in [-0.05, 0) is 38.0 Å². The third-order valence-corrected chi connectivity index (χ3v) is 3.15. The SMILES string of the molecule is CCc1c(C)nn(-c2c(F)cccc2C=O)c1C. The molecule has 0 aliphatic heterocycles. The molecule has 0 saturated heterocycles. The normalized spacial score (nSPS) is 10.7. The van der Waals surface area contributed by atoms with E-state index >= 15 is 0 Å². The van der Waals surface area contributed by atoms with Gasteiger partial charge in [-0.1, -0.05) is 13.0 Å². The van der Waals surface area contributed by atoms with Crippen LogP contribution in [0.3, 0.4) is 0 Å². The minimum Gasteiger partial charge on any atom is -0.298 e. The Morgan fingerprint density at radius 3 is 2.67 bits per heavy atom. The number of aromatic nitrogens is 2. The van der Waals surface area contributed by atoms with E-state index in [9.17, 15) is 9.18 Å². The van der Waals surface area contributed by atoms with Gasteiger partial charge in [0, 0.05) is 11.3 Å². The van der Waals surface area contributed by atoms with Crippen molar-refractivity contribution in [2.24, 2.45) is 0 Å². The molecule has 0 fully saturated rings. The summed E-state index contributed by atoms with van der Waals surface area (Å²) in [5.41, 5.74) is 3.38. The highest BCUT2D eigenvalue weighted by Gasteiger charge is 2.16. The van der Waals surface area contributed by atoms with Gasteiger partial charge >= 0.3 is 0 Å². The van der Waals surface area contributed by atoms with Crippen LogP contribution in [0.25, 0.3) is 5.69 Å². The van der Waals surface area contributed by atoms with Crippen LogP contribution in [0.4, 0.5) is 4.39 Å². The van der Waals surface area contributed by atoms with Gasteiger partial charge in [-0.15, -0.1) is 0 Å². The van der Waals surface area contributed by atoms with Crippen LogP contribution in [-0.2, 0) is 6.42 Å². The van der Waals surface area contributed by atoms with Crippen LogP contribution in [0, 0.1) is 19.7 Å². The summed E-state index contributed by atoms with van der Waals surface area (Å²) in [6, 6.07) is 4.45. The third kappa shape index (κ3) is 1.83. The second-order valence-corrected chi connectivity index (χ2v) is 4.21. The lowest BCUT2D eigenvalue weighted by molar-refractivity contribution is 0.112. The van der Waals surface area contributed by atoms with E-state index in [4.69, 9.17) is 0 Å². The fourth-order valence-electron chi connectivity index (χ4n) is 2.25. The lowest BCUT2D eigenvalue weighted by atomic mass is 10.1. The number of carbonyl (C=O) groups is 1. The molecule has 0 saturated carbocycles. The van der Waals surface area contributed by atoms with Gasteiger partial charge < -0.3 is 0 Å². The minimum absolute atomic E-state index is 0.229. The monoisotopic (exact) mass is 246 g/mol. The minimum atomic E-state index is -0.437. The molecule has 3 nitrogen and oxygen atoms in total. The van der Waals surface area contributed by atoms with E-state index in [1.165, 1.54) is 16.8 Å². The predicted molar refractivity (Wildman–Crippen MR) is 67.8 cm³/mol. The van der Waals surface area contributed by atoms with Gasteiger partial charge in [0.25, 0.3) is 0 Å². The summed E-state index contributed by atoms with van der Waals surface area (Å²) in [4.78, 5) is 11.0. The first-order chi connectivity index (χ1) is 8.60. The summed E-state index contributed by atoms with van der Waals surface area (Å²) >= 11 is 0. The average Bonchev–Trinajstić information content (AvgIpc) is 2.63. The van der Waals surface area contributed by atoms with Crippen molar-refractivity contribution in [3.8, 4) is 5.69 Å². The molecule has 0 N–H and O–H groups in total. The van der Waals surface area contributed by atoms with Crippen LogP contribution in [-0.4, -0.2) is 16.1 Å². The molecule has 0 aliphatic carbocycles. The van der Waals surface area contributed by atoms with Crippen molar-refractivity contribution in [2.75, 3.05) is 0 Å². The Balaban J connectivity index is 2.73. The van der Waals surface area contributed by atoms with E-state index in [0.717, 1.165) is 23.4 Å². The number of rotatable bonds is 3. The van der Waals surface area contributed by atoms with Gasteiger partial charge in [-0.2, -0.15) is 5.10 Å². The molecule has 0 aliphatic rings. The Bertz CT molecular complexity index is 602. The molecule has 2 aromatic rings. The van der Waals surface area contributed by atoms with E-state index < -0.39 is 5.82 Å². The first-order valence-corrected chi connectivity index (χ1v) is 5.89. The molecule has 18 heavy (non-hydrogen) atoms. The van der Waals surface area contributed by atoms with E-state index in [1.54, 1.807) is 6.07 Å². The van der Waals surface area contributed by atoms with Crippen LogP contribution in [0.15, 0.2) is 18.2 Å². The van der Waals surface area contributed by atoms with E-state index in [0.29, 0.717) is 11.8 Å². The molecule has 0 unspecified atom stereocenters. The first-order valence-electron chi connectivity index (χ1n) is 5.89. The topological polar surface area (TPSA) is 34.9 Å². The Morgan fingerprint density at radius 2 is 2.11 bits per heavy atom. The van der Waals surface area contributed by atoms with E-state index in [2.05, 4.69) is 5.10 Å². The summed E-state index contributed by atoms with van der Waals surface area (Å²) in [5.74, 6) is -0.437. The number of benzene rings is 1. The highest BCUT2D eigenvalue weighted by atomic mass is 19.1. The van der Waals surface area contributed by atoms with Crippen LogP contribution < -0.4 is 0 Å². The Kier molecular flexibility index (Phi) is 3.28. The summed E-state index contributed by atoms with van der Waals surface area (Å²) < 4.78 is 15.4. The second kappa shape index (κ2) is 4.72. The van der Waals surface area contributed by atoms with Crippen molar-refractivity contribution in [1.29, 1.82) is 0 Å². The third-order valence-electron chi connectivity index (χ3n) is 3.15. The molecule has 4 heteroatoms. The molecular weight excluding hydrogens is 231 g/mol. The maximum absolute atomic E-state index is 13.9. The van der Waals surface area contributed by atoms with Crippen molar-refractivity contribution < 1.29 is 9.18 Å². The zero-order valence-electron chi connectivity index (χ0n) is 10.7. The molecule has 0 atom stereocenters. The van der Waals surface area contributed by atoms with Gasteiger partial charge in [0.15, 0.2) is 6.29 Å². The second-order valence-electron chi connectivity index (χ2n) is 4.21. The fourth-order valence-corrected chi connectivity index (χ4v) is 2.25. The summed E-state index contributed by atoms with van der Waals surface area (Å²) in [6.07, 6.45) is 1.49. The first kappa shape index (κ1) is 12.5. The molecule has 0 spiro atoms. The number of halogens is 1. The van der Waals surface area contributed by atoms with Gasteiger partial charge in [-0.25, -0.2) is 9.07 Å². The molecule has 0 radical (unpaired) electrons. The largest absolute Gasteiger partial charge is 0.298 e. The lowest BCUT2D eigenvalue weighted by Gasteiger charge is -2.08. The van der Waals surface area contributed by atoms with Crippen LogP contribution in [0.1, 0.15) is 34.2 Å². The molecule has 2 rings (SSSR count). The van der Waals surface area contributed by atoms with Crippen LogP contribution in [0.2, 0.25) is 0 Å². The maximum Gasteiger partial charge on any atom is 0.152 e. The van der Waals surface area contributed by atoms with Gasteiger partial charge in [-0.3, -0.25) is 4.79 Å². The lowest BCUT2D eigenvalue weighted by Crippen LogP contribution is -2.06. The van der Waals surface area contributed by atoms with Gasteiger partial charge in [0.2, 0.25) is 0 Å². The number of hydrogen-bond acceptors (Lipinski definition) is 2. The summed E-state index contributed by atoms with van der Waals surface area (Å²) in [5, 5.41) is 4.34. The summed E-state index contributed by atoms with van der Waals surface area (Å²) in [7, 11) is 0. The molecular formula is C14H15FN2O. The Labute approximate surface area is 105 Å². The van der Waals surface area contributed by atoms with Crippen LogP contribution >= 0.6 is 0 Å². The summed E-state index contributed by atoms with van der Waals surface area (Å²) in [6.45, 7) is 5.81. The number of aryl methyl sites for hydroxylation is 1. The van der Waals surface area contributed by atoms with Crippen LogP contribution in [0.5, 0.6) is 0 Å². The predicted octanol–water partition coefficient (Wildman–Crippen LogP) is 3.00. The van der Waals surface area contributed by atoms with Gasteiger partial charge in [0.1, 0.15) is 11.5 Å². The zero-order valence-corrected chi connectivity index (χ0v) is 10.7. The van der Waals surface area contributed by atoms with Gasteiger partial charge in [0.05, 0.1) is 5.69 Å². The number of carbonyl (C=O) groups excluding carboxylic acids is 1. The number of hydrogen-bond donors (Lipinski definition) is 0. The maximum atomic E-state index is 13.9. The Hall–Kier alpha value is -1.97. The molecule has 94 valence electrons. The molecule has 0 bridgehead atoms. The van der Waals surface area contributed by atoms with Crippen molar-refractivity contribution in [2.45, 2.75) is 27.2 Å². The Morgan fingerprint density at radius 1 is 1.39 bits per heavy atom. The van der Waals surface area contributed by atoms with Crippen molar-refractivity contribution in [3.05, 3.63) is 46.5 Å². The van der Waals surface area contributed by atoms with E-state index in [1.807, 2.05) is 20.8 Å². The van der Waals surface area contributed by atoms with Crippen molar-refractivity contribution >= 4 is 6.29 Å². The number of para-hydroxylation sites is 1. The average molecular weight is 246 g/mol. The molecule has 1 aromatic carbocycles. The smallest absolute Gasteiger partial charge is 0.152 e. The zero-order chi connectivity index (χ0) is 13.3. The molecule has 0 amide bonds. The number of nitrogens with zero attached hydrogens (tertiary/aromatic N) is 2. The highest BCUT2D eigenvalue weighted by Crippen LogP contribution is 2.22. The molecule has 1 aromatic heterocycles. The number of aldehydes is 1. The fraction of sp³-hybridized carbons (Fsp3) is 0.286.